The number of pyridine rings is 1. The lowest BCUT2D eigenvalue weighted by Crippen LogP contribution is -2.28. The number of rotatable bonds is 8. The van der Waals surface area contributed by atoms with E-state index in [1.165, 1.54) is 25.0 Å². The Kier molecular flexibility index (Phi) is 6.35. The van der Waals surface area contributed by atoms with Crippen molar-refractivity contribution in [1.82, 2.24) is 30.1 Å². The molecule has 176 valence electrons. The molecule has 0 radical (unpaired) electrons. The molecule has 1 aliphatic rings. The largest absolute Gasteiger partial charge is 0.497 e. The highest BCUT2D eigenvalue weighted by Crippen LogP contribution is 2.29. The maximum Gasteiger partial charge on any atom is 0.252 e. The van der Waals surface area contributed by atoms with Crippen LogP contribution in [0.3, 0.4) is 0 Å². The van der Waals surface area contributed by atoms with E-state index in [0.29, 0.717) is 31.2 Å². The molecule has 0 saturated heterocycles. The highest BCUT2D eigenvalue weighted by atomic mass is 19.1. The van der Waals surface area contributed by atoms with Crippen LogP contribution in [0, 0.1) is 5.82 Å². The standard InChI is InChI=1S/C25H27FN6O2/c1-34-22-10-11-23-18(13-22)12-19(25(33)27-23)15-31(14-17-6-8-20(26)9-7-17)16-24-28-29-30-32(24)21-4-2-3-5-21/h6-13,21H,2-5,14-16H2,1H3,(H,27,33). The molecule has 0 atom stereocenters. The van der Waals surface area contributed by atoms with E-state index in [-0.39, 0.29) is 11.4 Å². The third kappa shape index (κ3) is 4.84. The first-order valence-corrected chi connectivity index (χ1v) is 11.5. The quantitative estimate of drug-likeness (QED) is 0.426. The lowest BCUT2D eigenvalue weighted by Gasteiger charge is -2.23. The molecular weight excluding hydrogens is 435 g/mol. The Hall–Kier alpha value is -3.59. The van der Waals surface area contributed by atoms with E-state index < -0.39 is 0 Å². The molecule has 0 amide bonds. The van der Waals surface area contributed by atoms with Crippen molar-refractivity contribution in [2.24, 2.45) is 0 Å². The fourth-order valence-electron chi connectivity index (χ4n) is 4.68. The summed E-state index contributed by atoms with van der Waals surface area (Å²) in [5.41, 5.74) is 2.19. The first-order chi connectivity index (χ1) is 16.6. The summed E-state index contributed by atoms with van der Waals surface area (Å²) in [4.78, 5) is 18.0. The van der Waals surface area contributed by atoms with Crippen LogP contribution in [0.25, 0.3) is 10.9 Å². The van der Waals surface area contributed by atoms with Gasteiger partial charge < -0.3 is 9.72 Å². The van der Waals surface area contributed by atoms with Crippen molar-refractivity contribution in [2.45, 2.75) is 51.4 Å². The molecule has 1 fully saturated rings. The van der Waals surface area contributed by atoms with Gasteiger partial charge in [-0.2, -0.15) is 0 Å². The molecule has 2 heterocycles. The fourth-order valence-corrected chi connectivity index (χ4v) is 4.68. The molecule has 0 aliphatic heterocycles. The summed E-state index contributed by atoms with van der Waals surface area (Å²) in [6, 6.07) is 14.2. The fraction of sp³-hybridized carbons (Fsp3) is 0.360. The number of ether oxygens (including phenoxy) is 1. The van der Waals surface area contributed by atoms with Gasteiger partial charge in [-0.1, -0.05) is 25.0 Å². The second-order valence-corrected chi connectivity index (χ2v) is 8.83. The molecule has 5 rings (SSSR count). The third-order valence-electron chi connectivity index (χ3n) is 6.44. The van der Waals surface area contributed by atoms with Gasteiger partial charge in [-0.25, -0.2) is 9.07 Å². The molecule has 0 spiro atoms. The number of nitrogens with zero attached hydrogens (tertiary/aromatic N) is 5. The van der Waals surface area contributed by atoms with Gasteiger partial charge in [0.25, 0.3) is 5.56 Å². The number of H-pyrrole nitrogens is 1. The van der Waals surface area contributed by atoms with E-state index in [1.54, 1.807) is 19.2 Å². The van der Waals surface area contributed by atoms with E-state index in [2.05, 4.69) is 25.4 Å². The molecular formula is C25H27FN6O2. The molecule has 8 nitrogen and oxygen atoms in total. The smallest absolute Gasteiger partial charge is 0.252 e. The Morgan fingerprint density at radius 2 is 1.88 bits per heavy atom. The SMILES string of the molecule is COc1ccc2[nH]c(=O)c(CN(Cc3ccc(F)cc3)Cc3nnnn3C3CCCC3)cc2c1. The lowest BCUT2D eigenvalue weighted by molar-refractivity contribution is 0.231. The first kappa shape index (κ1) is 22.2. The van der Waals surface area contributed by atoms with Gasteiger partial charge >= 0.3 is 0 Å². The van der Waals surface area contributed by atoms with Crippen LogP contribution in [0.1, 0.15) is 48.7 Å². The van der Waals surface area contributed by atoms with Crippen molar-refractivity contribution in [3.05, 3.63) is 81.7 Å². The normalized spacial score (nSPS) is 14.3. The molecule has 1 saturated carbocycles. The minimum absolute atomic E-state index is 0.142. The summed E-state index contributed by atoms with van der Waals surface area (Å²) in [7, 11) is 1.62. The number of hydrogen-bond donors (Lipinski definition) is 1. The van der Waals surface area contributed by atoms with Crippen LogP contribution in [0.5, 0.6) is 5.75 Å². The maximum atomic E-state index is 13.5. The van der Waals surface area contributed by atoms with Crippen LogP contribution < -0.4 is 10.3 Å². The number of fused-ring (bicyclic) bond motifs is 1. The number of benzene rings is 2. The van der Waals surface area contributed by atoms with Gasteiger partial charge in [-0.05, 0) is 65.2 Å². The summed E-state index contributed by atoms with van der Waals surface area (Å²) < 4.78 is 20.7. The zero-order chi connectivity index (χ0) is 23.5. The minimum atomic E-state index is -0.277. The summed E-state index contributed by atoms with van der Waals surface area (Å²) >= 11 is 0. The molecule has 1 aliphatic carbocycles. The number of halogens is 1. The van der Waals surface area contributed by atoms with E-state index in [0.717, 1.165) is 40.9 Å². The topological polar surface area (TPSA) is 88.9 Å². The van der Waals surface area contributed by atoms with Crippen molar-refractivity contribution >= 4 is 10.9 Å². The van der Waals surface area contributed by atoms with Crippen molar-refractivity contribution in [2.75, 3.05) is 7.11 Å². The number of nitrogens with one attached hydrogen (secondary N) is 1. The Morgan fingerprint density at radius 1 is 1.09 bits per heavy atom. The van der Waals surface area contributed by atoms with E-state index in [1.807, 2.05) is 28.9 Å². The van der Waals surface area contributed by atoms with Crippen LogP contribution in [0.4, 0.5) is 4.39 Å². The number of methoxy groups -OCH3 is 1. The second-order valence-electron chi connectivity index (χ2n) is 8.83. The average molecular weight is 463 g/mol. The van der Waals surface area contributed by atoms with Crippen LogP contribution in [-0.2, 0) is 19.6 Å². The summed E-state index contributed by atoms with van der Waals surface area (Å²) in [6.45, 7) is 1.38. The van der Waals surface area contributed by atoms with Gasteiger partial charge in [-0.15, -0.1) is 5.10 Å². The van der Waals surface area contributed by atoms with Gasteiger partial charge in [0.05, 0.1) is 19.7 Å². The molecule has 2 aromatic heterocycles. The van der Waals surface area contributed by atoms with Crippen molar-refractivity contribution in [3.63, 3.8) is 0 Å². The van der Waals surface area contributed by atoms with E-state index in [9.17, 15) is 9.18 Å². The second kappa shape index (κ2) is 9.72. The molecule has 0 bridgehead atoms. The van der Waals surface area contributed by atoms with Crippen molar-refractivity contribution < 1.29 is 9.13 Å². The zero-order valence-corrected chi connectivity index (χ0v) is 19.1. The van der Waals surface area contributed by atoms with Crippen LogP contribution in [0.15, 0.2) is 53.3 Å². The number of aromatic nitrogens is 5. The van der Waals surface area contributed by atoms with Gasteiger partial charge in [-0.3, -0.25) is 9.69 Å². The zero-order valence-electron chi connectivity index (χ0n) is 19.1. The molecule has 4 aromatic rings. The monoisotopic (exact) mass is 462 g/mol. The maximum absolute atomic E-state index is 13.5. The predicted octanol–water partition coefficient (Wildman–Crippen LogP) is 3.98. The highest BCUT2D eigenvalue weighted by molar-refractivity contribution is 5.80. The van der Waals surface area contributed by atoms with Crippen LogP contribution >= 0.6 is 0 Å². The Labute approximate surface area is 196 Å². The van der Waals surface area contributed by atoms with E-state index in [4.69, 9.17) is 4.74 Å². The summed E-state index contributed by atoms with van der Waals surface area (Å²) in [5.74, 6) is 1.22. The molecule has 34 heavy (non-hydrogen) atoms. The van der Waals surface area contributed by atoms with E-state index >= 15 is 0 Å². The van der Waals surface area contributed by atoms with Gasteiger partial charge in [0, 0.05) is 29.6 Å². The Balaban J connectivity index is 1.46. The van der Waals surface area contributed by atoms with Gasteiger partial charge in [0.1, 0.15) is 11.6 Å². The van der Waals surface area contributed by atoms with Crippen LogP contribution in [0.2, 0.25) is 0 Å². The number of tetrazole rings is 1. The van der Waals surface area contributed by atoms with Crippen molar-refractivity contribution in [1.29, 1.82) is 0 Å². The number of aromatic amines is 1. The molecule has 9 heteroatoms. The lowest BCUT2D eigenvalue weighted by atomic mass is 10.1. The molecule has 0 unspecified atom stereocenters. The summed E-state index contributed by atoms with van der Waals surface area (Å²) in [5, 5.41) is 13.4. The molecule has 2 aromatic carbocycles. The van der Waals surface area contributed by atoms with Crippen LogP contribution in [-0.4, -0.2) is 37.2 Å². The summed E-state index contributed by atoms with van der Waals surface area (Å²) in [6.07, 6.45) is 4.50. The highest BCUT2D eigenvalue weighted by Gasteiger charge is 2.23. The van der Waals surface area contributed by atoms with Crippen molar-refractivity contribution in [3.8, 4) is 5.75 Å². The Bertz CT molecular complexity index is 1330. The average Bonchev–Trinajstić information content (AvgIpc) is 3.53. The Morgan fingerprint density at radius 3 is 2.65 bits per heavy atom. The predicted molar refractivity (Wildman–Crippen MR) is 126 cm³/mol. The minimum Gasteiger partial charge on any atom is -0.497 e. The molecule has 1 N–H and O–H groups in total. The van der Waals surface area contributed by atoms with Gasteiger partial charge in [0.15, 0.2) is 5.82 Å². The number of hydrogen-bond acceptors (Lipinski definition) is 6. The van der Waals surface area contributed by atoms with Gasteiger partial charge in [0.2, 0.25) is 0 Å². The third-order valence-corrected chi connectivity index (χ3v) is 6.44. The first-order valence-electron chi connectivity index (χ1n) is 11.5.